The quantitative estimate of drug-likeness (QED) is 0.476. The van der Waals surface area contributed by atoms with Gasteiger partial charge in [-0.05, 0) is 22.4 Å². The van der Waals surface area contributed by atoms with Crippen molar-refractivity contribution < 1.29 is 0 Å². The molecule has 0 atom stereocenters. The monoisotopic (exact) mass is 162 g/mol. The van der Waals surface area contributed by atoms with Gasteiger partial charge in [0.25, 0.3) is 0 Å². The molecule has 0 radical (unpaired) electrons. The average molecular weight is 163 g/mol. The molecule has 7 heavy (non-hydrogen) atoms. The molecule has 0 saturated heterocycles. The molecular weight excluding hydrogens is 156 g/mol. The maximum Gasteiger partial charge on any atom is 0.107 e. The number of hydrogen-bond donors (Lipinski definition) is 1. The first-order chi connectivity index (χ1) is 3.31. The summed E-state index contributed by atoms with van der Waals surface area (Å²) >= 11 is 3.14. The van der Waals surface area contributed by atoms with Crippen molar-refractivity contribution in [2.45, 2.75) is 13.3 Å². The minimum Gasteiger partial charge on any atom is -0.289 e. The van der Waals surface area contributed by atoms with Crippen LogP contribution in [-0.2, 0) is 0 Å². The van der Waals surface area contributed by atoms with Crippen LogP contribution in [0.15, 0.2) is 4.99 Å². The molecule has 0 amide bonds. The molecule has 0 aliphatic rings. The van der Waals surface area contributed by atoms with E-state index < -0.39 is 0 Å². The number of nitrogens with one attached hydrogen (secondary N) is 1. The van der Waals surface area contributed by atoms with Gasteiger partial charge in [-0.15, -0.1) is 0 Å². The summed E-state index contributed by atoms with van der Waals surface area (Å²) in [6, 6.07) is 0. The topological polar surface area (TPSA) is 36.2 Å². The smallest absolute Gasteiger partial charge is 0.107 e. The Bertz CT molecular complexity index is 87.7. The first-order valence-corrected chi connectivity index (χ1v) is 2.81. The van der Waals surface area contributed by atoms with Crippen molar-refractivity contribution in [1.29, 1.82) is 5.41 Å². The highest BCUT2D eigenvalue weighted by molar-refractivity contribution is 9.18. The molecule has 1 N–H and O–H groups in total. The van der Waals surface area contributed by atoms with E-state index in [4.69, 9.17) is 5.41 Å². The van der Waals surface area contributed by atoms with Gasteiger partial charge in [-0.3, -0.25) is 5.41 Å². The zero-order valence-electron chi connectivity index (χ0n) is 4.11. The molecule has 0 rings (SSSR count). The van der Waals surface area contributed by atoms with E-state index >= 15 is 0 Å². The maximum atomic E-state index is 6.49. The van der Waals surface area contributed by atoms with Crippen LogP contribution >= 0.6 is 15.9 Å². The van der Waals surface area contributed by atoms with Crippen molar-refractivity contribution in [2.75, 3.05) is 0 Å². The van der Waals surface area contributed by atoms with E-state index in [-0.39, 0.29) is 0 Å². The zero-order valence-corrected chi connectivity index (χ0v) is 5.70. The summed E-state index contributed by atoms with van der Waals surface area (Å²) in [4.78, 5) is 3.62. The molecule has 0 unspecified atom stereocenters. The van der Waals surface area contributed by atoms with Gasteiger partial charge in [-0.1, -0.05) is 6.92 Å². The number of aliphatic imine (C=N–C) groups is 1. The summed E-state index contributed by atoms with van der Waals surface area (Å²) in [6.07, 6.45) is 1.88. The largest absolute Gasteiger partial charge is 0.289 e. The Hall–Kier alpha value is -0.180. The average Bonchev–Trinajstić information content (AvgIpc) is 1.68. The first-order valence-electron chi connectivity index (χ1n) is 2.02. The molecule has 0 spiro atoms. The Labute approximate surface area is 51.3 Å². The summed E-state index contributed by atoms with van der Waals surface area (Å²) in [7, 11) is 0. The van der Waals surface area contributed by atoms with Crippen molar-refractivity contribution in [2.24, 2.45) is 4.99 Å². The van der Waals surface area contributed by atoms with E-state index in [0.29, 0.717) is 0 Å². The third kappa shape index (κ3) is 3.66. The SMILES string of the molecule is CCC(Br)=NC=N. The summed E-state index contributed by atoms with van der Waals surface area (Å²) < 4.78 is 0.822. The fourth-order valence-electron chi connectivity index (χ4n) is 0.161. The molecule has 3 heteroatoms. The van der Waals surface area contributed by atoms with E-state index in [0.717, 1.165) is 17.4 Å². The van der Waals surface area contributed by atoms with E-state index in [9.17, 15) is 0 Å². The van der Waals surface area contributed by atoms with Crippen LogP contribution in [0.4, 0.5) is 0 Å². The summed E-state index contributed by atoms with van der Waals surface area (Å²) in [5.41, 5.74) is 0. The molecule has 0 fully saturated rings. The Morgan fingerprint density at radius 2 is 2.57 bits per heavy atom. The molecule has 0 aromatic heterocycles. The van der Waals surface area contributed by atoms with E-state index in [2.05, 4.69) is 20.9 Å². The van der Waals surface area contributed by atoms with Gasteiger partial charge in [0.2, 0.25) is 0 Å². The second-order valence-corrected chi connectivity index (χ2v) is 1.90. The lowest BCUT2D eigenvalue weighted by molar-refractivity contribution is 1.31. The minimum absolute atomic E-state index is 0.822. The van der Waals surface area contributed by atoms with Crippen LogP contribution in [0.25, 0.3) is 0 Å². The normalized spacial score (nSPS) is 11.4. The first kappa shape index (κ1) is 6.82. The molecular formula is C4H7BrN2. The third-order valence-corrected chi connectivity index (χ3v) is 1.26. The van der Waals surface area contributed by atoms with Gasteiger partial charge in [0, 0.05) is 0 Å². The van der Waals surface area contributed by atoms with Gasteiger partial charge < -0.3 is 0 Å². The van der Waals surface area contributed by atoms with Gasteiger partial charge in [0.15, 0.2) is 0 Å². The van der Waals surface area contributed by atoms with Crippen LogP contribution < -0.4 is 0 Å². The predicted molar refractivity (Wildman–Crippen MR) is 35.4 cm³/mol. The summed E-state index contributed by atoms with van der Waals surface area (Å²) in [5, 5.41) is 6.49. The van der Waals surface area contributed by atoms with Crippen molar-refractivity contribution in [3.8, 4) is 0 Å². The number of hydrogen-bond acceptors (Lipinski definition) is 1. The molecule has 0 heterocycles. The fourth-order valence-corrected chi connectivity index (χ4v) is 0.264. The third-order valence-electron chi connectivity index (χ3n) is 0.496. The van der Waals surface area contributed by atoms with Crippen LogP contribution in [0.1, 0.15) is 13.3 Å². The Morgan fingerprint density at radius 3 is 2.71 bits per heavy atom. The molecule has 0 bridgehead atoms. The van der Waals surface area contributed by atoms with Crippen LogP contribution in [0.5, 0.6) is 0 Å². The van der Waals surface area contributed by atoms with Gasteiger partial charge >= 0.3 is 0 Å². The van der Waals surface area contributed by atoms with E-state index in [1.54, 1.807) is 0 Å². The highest BCUT2D eigenvalue weighted by atomic mass is 79.9. The molecule has 0 aromatic rings. The van der Waals surface area contributed by atoms with Crippen LogP contribution in [0.3, 0.4) is 0 Å². The zero-order chi connectivity index (χ0) is 5.70. The summed E-state index contributed by atoms with van der Waals surface area (Å²) in [5.74, 6) is 0. The van der Waals surface area contributed by atoms with Gasteiger partial charge in [-0.25, -0.2) is 4.99 Å². The second kappa shape index (κ2) is 3.99. The van der Waals surface area contributed by atoms with Crippen molar-refractivity contribution >= 4 is 26.9 Å². The molecule has 40 valence electrons. The highest BCUT2D eigenvalue weighted by Crippen LogP contribution is 1.91. The number of halogens is 1. The van der Waals surface area contributed by atoms with Crippen LogP contribution in [0, 0.1) is 5.41 Å². The van der Waals surface area contributed by atoms with Crippen molar-refractivity contribution in [3.05, 3.63) is 0 Å². The van der Waals surface area contributed by atoms with Crippen LogP contribution in [0.2, 0.25) is 0 Å². The fraction of sp³-hybridized carbons (Fsp3) is 0.500. The Morgan fingerprint density at radius 1 is 2.00 bits per heavy atom. The molecule has 0 aromatic carbocycles. The van der Waals surface area contributed by atoms with Crippen LogP contribution in [-0.4, -0.2) is 11.0 Å². The molecule has 0 aliphatic heterocycles. The molecule has 2 nitrogen and oxygen atoms in total. The lowest BCUT2D eigenvalue weighted by Crippen LogP contribution is -1.79. The second-order valence-electron chi connectivity index (χ2n) is 0.988. The van der Waals surface area contributed by atoms with E-state index in [1.807, 2.05) is 6.92 Å². The molecule has 0 aliphatic carbocycles. The van der Waals surface area contributed by atoms with Crippen molar-refractivity contribution in [3.63, 3.8) is 0 Å². The summed E-state index contributed by atoms with van der Waals surface area (Å²) in [6.45, 7) is 1.97. The standard InChI is InChI=1S/C4H7BrN2/c1-2-4(5)7-3-6/h3,6H,2H2,1H3. The predicted octanol–water partition coefficient (Wildman–Crippen LogP) is 1.80. The number of rotatable bonds is 2. The van der Waals surface area contributed by atoms with Gasteiger partial charge in [-0.2, -0.15) is 0 Å². The molecule has 0 saturated carbocycles. The van der Waals surface area contributed by atoms with Gasteiger partial charge in [0.1, 0.15) is 6.34 Å². The van der Waals surface area contributed by atoms with Gasteiger partial charge in [0.05, 0.1) is 4.62 Å². The highest BCUT2D eigenvalue weighted by Gasteiger charge is 1.80. The Kier molecular flexibility index (Phi) is 3.89. The lowest BCUT2D eigenvalue weighted by Gasteiger charge is -1.81. The van der Waals surface area contributed by atoms with E-state index in [1.165, 1.54) is 0 Å². The number of nitrogens with zero attached hydrogens (tertiary/aromatic N) is 1. The lowest BCUT2D eigenvalue weighted by atomic mass is 10.5. The maximum absolute atomic E-state index is 6.49. The van der Waals surface area contributed by atoms with Crippen molar-refractivity contribution in [1.82, 2.24) is 0 Å². The minimum atomic E-state index is 0.822. The Balaban J connectivity index is 3.49.